The Bertz CT molecular complexity index is 609. The van der Waals surface area contributed by atoms with Crippen LogP contribution in [0.4, 0.5) is 0 Å². The van der Waals surface area contributed by atoms with Gasteiger partial charge in [-0.05, 0) is 37.8 Å². The SMILES string of the molecule is CC(C)(CCC(=O)O)NS(=O)(=O)c1ccc(C(C)(C)C)s1. The fourth-order valence-electron chi connectivity index (χ4n) is 1.75. The first kappa shape index (κ1) is 18.1. The number of thiophene rings is 1. The van der Waals surface area contributed by atoms with Crippen molar-refractivity contribution in [2.75, 3.05) is 0 Å². The minimum Gasteiger partial charge on any atom is -0.481 e. The van der Waals surface area contributed by atoms with Crippen LogP contribution < -0.4 is 4.72 Å². The van der Waals surface area contributed by atoms with E-state index in [2.05, 4.69) is 4.72 Å². The van der Waals surface area contributed by atoms with Gasteiger partial charge in [0.15, 0.2) is 0 Å². The van der Waals surface area contributed by atoms with Crippen LogP contribution >= 0.6 is 11.3 Å². The zero-order valence-electron chi connectivity index (χ0n) is 13.1. The van der Waals surface area contributed by atoms with Crippen molar-refractivity contribution in [2.24, 2.45) is 0 Å². The number of nitrogens with one attached hydrogen (secondary N) is 1. The molecule has 0 saturated heterocycles. The molecule has 0 unspecified atom stereocenters. The van der Waals surface area contributed by atoms with Crippen molar-refractivity contribution in [2.45, 2.75) is 62.6 Å². The number of carboxylic acid groups (broad SMARTS) is 1. The second-order valence-corrected chi connectivity index (χ2v) is 9.74. The van der Waals surface area contributed by atoms with Crippen LogP contribution in [0.2, 0.25) is 0 Å². The van der Waals surface area contributed by atoms with Crippen LogP contribution in [0.15, 0.2) is 16.3 Å². The van der Waals surface area contributed by atoms with Crippen molar-refractivity contribution in [1.82, 2.24) is 4.72 Å². The quantitative estimate of drug-likeness (QED) is 0.838. The van der Waals surface area contributed by atoms with Crippen molar-refractivity contribution in [1.29, 1.82) is 0 Å². The highest BCUT2D eigenvalue weighted by Crippen LogP contribution is 2.32. The largest absolute Gasteiger partial charge is 0.481 e. The van der Waals surface area contributed by atoms with E-state index in [1.165, 1.54) is 11.3 Å². The average molecular weight is 333 g/mol. The summed E-state index contributed by atoms with van der Waals surface area (Å²) in [5, 5.41) is 8.71. The van der Waals surface area contributed by atoms with Gasteiger partial charge in [0.05, 0.1) is 0 Å². The molecule has 0 atom stereocenters. The van der Waals surface area contributed by atoms with Crippen LogP contribution in [-0.4, -0.2) is 25.0 Å². The van der Waals surface area contributed by atoms with E-state index in [9.17, 15) is 13.2 Å². The summed E-state index contributed by atoms with van der Waals surface area (Å²) in [5.41, 5.74) is -0.902. The Labute approximate surface area is 130 Å². The van der Waals surface area contributed by atoms with E-state index in [1.54, 1.807) is 19.9 Å². The molecular weight excluding hydrogens is 310 g/mol. The molecule has 0 spiro atoms. The molecule has 0 fully saturated rings. The van der Waals surface area contributed by atoms with Crippen LogP contribution in [0.5, 0.6) is 0 Å². The van der Waals surface area contributed by atoms with Gasteiger partial charge in [-0.3, -0.25) is 4.79 Å². The van der Waals surface area contributed by atoms with Crippen molar-refractivity contribution in [3.63, 3.8) is 0 Å². The van der Waals surface area contributed by atoms with Crippen LogP contribution in [0, 0.1) is 0 Å². The van der Waals surface area contributed by atoms with Gasteiger partial charge in [0, 0.05) is 16.8 Å². The lowest BCUT2D eigenvalue weighted by atomic mass is 9.95. The molecule has 0 saturated carbocycles. The Morgan fingerprint density at radius 2 is 1.81 bits per heavy atom. The second kappa shape index (κ2) is 6.06. The summed E-state index contributed by atoms with van der Waals surface area (Å²) in [6.07, 6.45) is 0.159. The molecule has 120 valence electrons. The lowest BCUT2D eigenvalue weighted by molar-refractivity contribution is -0.137. The zero-order chi connectivity index (χ0) is 16.5. The maximum absolute atomic E-state index is 12.4. The zero-order valence-corrected chi connectivity index (χ0v) is 14.7. The molecule has 0 aliphatic rings. The van der Waals surface area contributed by atoms with Gasteiger partial charge in [-0.25, -0.2) is 13.1 Å². The summed E-state index contributed by atoms with van der Waals surface area (Å²) in [5.74, 6) is -0.937. The summed E-state index contributed by atoms with van der Waals surface area (Å²) in [6, 6.07) is 3.42. The summed E-state index contributed by atoms with van der Waals surface area (Å²) >= 11 is 1.25. The number of hydrogen-bond acceptors (Lipinski definition) is 4. The third-order valence-electron chi connectivity index (χ3n) is 2.96. The first-order chi connectivity index (χ1) is 9.33. The molecule has 1 heterocycles. The van der Waals surface area contributed by atoms with E-state index in [-0.39, 0.29) is 22.5 Å². The van der Waals surface area contributed by atoms with Gasteiger partial charge in [0.25, 0.3) is 10.0 Å². The minimum absolute atomic E-state index is 0.0762. The molecule has 0 aromatic carbocycles. The number of carbonyl (C=O) groups is 1. The molecule has 0 aliphatic carbocycles. The van der Waals surface area contributed by atoms with Crippen LogP contribution in [0.25, 0.3) is 0 Å². The molecule has 0 aliphatic heterocycles. The topological polar surface area (TPSA) is 83.5 Å². The predicted molar refractivity (Wildman–Crippen MR) is 84.3 cm³/mol. The molecule has 0 amide bonds. The number of carboxylic acids is 1. The number of aliphatic carboxylic acids is 1. The summed E-state index contributed by atoms with van der Waals surface area (Å²) < 4.78 is 27.6. The molecule has 1 rings (SSSR count). The van der Waals surface area contributed by atoms with Crippen LogP contribution in [0.1, 0.15) is 52.3 Å². The maximum atomic E-state index is 12.4. The maximum Gasteiger partial charge on any atom is 0.303 e. The lowest BCUT2D eigenvalue weighted by Gasteiger charge is -2.24. The highest BCUT2D eigenvalue weighted by molar-refractivity contribution is 7.91. The molecular formula is C14H23NO4S2. The number of sulfonamides is 1. The Balaban J connectivity index is 2.91. The Morgan fingerprint density at radius 1 is 1.24 bits per heavy atom. The predicted octanol–water partition coefficient (Wildman–Crippen LogP) is 2.97. The number of hydrogen-bond donors (Lipinski definition) is 2. The standard InChI is InChI=1S/C14H23NO4S2/c1-13(2,3)10-6-7-12(20-10)21(18,19)15-14(4,5)9-8-11(16)17/h6-7,15H,8-9H2,1-5H3,(H,16,17). The normalized spacial score (nSPS) is 13.4. The van der Waals surface area contributed by atoms with E-state index in [0.29, 0.717) is 0 Å². The van der Waals surface area contributed by atoms with Crippen molar-refractivity contribution in [3.05, 3.63) is 17.0 Å². The summed E-state index contributed by atoms with van der Waals surface area (Å²) in [6.45, 7) is 9.45. The smallest absolute Gasteiger partial charge is 0.303 e. The molecule has 2 N–H and O–H groups in total. The molecule has 7 heteroatoms. The summed E-state index contributed by atoms with van der Waals surface area (Å²) in [4.78, 5) is 11.6. The fraction of sp³-hybridized carbons (Fsp3) is 0.643. The Kier molecular flexibility index (Phi) is 5.23. The monoisotopic (exact) mass is 333 g/mol. The highest BCUT2D eigenvalue weighted by Gasteiger charge is 2.29. The van der Waals surface area contributed by atoms with Crippen molar-refractivity contribution in [3.8, 4) is 0 Å². The van der Waals surface area contributed by atoms with Gasteiger partial charge in [-0.1, -0.05) is 20.8 Å². The van der Waals surface area contributed by atoms with Crippen LogP contribution in [0.3, 0.4) is 0 Å². The van der Waals surface area contributed by atoms with E-state index < -0.39 is 21.5 Å². The molecule has 0 bridgehead atoms. The second-order valence-electron chi connectivity index (χ2n) is 6.75. The van der Waals surface area contributed by atoms with Gasteiger partial charge < -0.3 is 5.11 Å². The van der Waals surface area contributed by atoms with E-state index in [4.69, 9.17) is 5.11 Å². The third-order valence-corrected chi connectivity index (χ3v) is 6.66. The van der Waals surface area contributed by atoms with Gasteiger partial charge in [0.1, 0.15) is 4.21 Å². The van der Waals surface area contributed by atoms with Gasteiger partial charge in [-0.2, -0.15) is 0 Å². The lowest BCUT2D eigenvalue weighted by Crippen LogP contribution is -2.43. The molecule has 21 heavy (non-hydrogen) atoms. The van der Waals surface area contributed by atoms with Gasteiger partial charge in [-0.15, -0.1) is 11.3 Å². The van der Waals surface area contributed by atoms with E-state index in [0.717, 1.165) is 4.88 Å². The average Bonchev–Trinajstić information content (AvgIpc) is 2.74. The minimum atomic E-state index is -3.63. The van der Waals surface area contributed by atoms with Crippen LogP contribution in [-0.2, 0) is 20.2 Å². The molecule has 0 radical (unpaired) electrons. The summed E-state index contributed by atoms with van der Waals surface area (Å²) in [7, 11) is -3.63. The van der Waals surface area contributed by atoms with Gasteiger partial charge >= 0.3 is 5.97 Å². The fourth-order valence-corrected chi connectivity index (χ4v) is 4.56. The Morgan fingerprint density at radius 3 is 2.24 bits per heavy atom. The van der Waals surface area contributed by atoms with Gasteiger partial charge in [0.2, 0.25) is 0 Å². The number of rotatable bonds is 6. The molecule has 5 nitrogen and oxygen atoms in total. The van der Waals surface area contributed by atoms with E-state index >= 15 is 0 Å². The first-order valence-corrected chi connectivity index (χ1v) is 9.00. The molecule has 1 aromatic heterocycles. The van der Waals surface area contributed by atoms with Crippen molar-refractivity contribution < 1.29 is 18.3 Å². The van der Waals surface area contributed by atoms with E-state index in [1.807, 2.05) is 26.8 Å². The van der Waals surface area contributed by atoms with Crippen molar-refractivity contribution >= 4 is 27.3 Å². The third kappa shape index (κ3) is 5.41. The first-order valence-electron chi connectivity index (χ1n) is 6.70. The highest BCUT2D eigenvalue weighted by atomic mass is 32.2. The molecule has 1 aromatic rings. The Hall–Kier alpha value is -0.920.